The van der Waals surface area contributed by atoms with Crippen molar-refractivity contribution in [1.82, 2.24) is 0 Å². The van der Waals surface area contributed by atoms with Gasteiger partial charge in [0.2, 0.25) is 0 Å². The van der Waals surface area contributed by atoms with Crippen molar-refractivity contribution in [1.29, 1.82) is 0 Å². The van der Waals surface area contributed by atoms with Crippen molar-refractivity contribution in [3.63, 3.8) is 0 Å². The molecule has 0 radical (unpaired) electrons. The third-order valence-corrected chi connectivity index (χ3v) is 9.57. The summed E-state index contributed by atoms with van der Waals surface area (Å²) in [7, 11) is 0. The highest BCUT2D eigenvalue weighted by atomic mass is 16.5. The van der Waals surface area contributed by atoms with Crippen LogP contribution in [0, 0.1) is 23.7 Å². The van der Waals surface area contributed by atoms with Crippen molar-refractivity contribution in [2.24, 2.45) is 23.7 Å². The number of anilines is 2. The van der Waals surface area contributed by atoms with E-state index in [1.54, 1.807) is 24.3 Å². The first-order chi connectivity index (χ1) is 19.4. The summed E-state index contributed by atoms with van der Waals surface area (Å²) in [4.78, 5) is 0. The van der Waals surface area contributed by atoms with E-state index in [0.29, 0.717) is 34.7 Å². The molecular weight excluding hydrogens is 500 g/mol. The highest BCUT2D eigenvalue weighted by Gasteiger charge is 2.58. The maximum Gasteiger partial charge on any atom is 0.142 e. The molecule has 0 atom stereocenters. The number of aromatic hydroxyl groups is 2. The van der Waals surface area contributed by atoms with Gasteiger partial charge in [-0.25, -0.2) is 0 Å². The van der Waals surface area contributed by atoms with Gasteiger partial charge in [-0.15, -0.1) is 0 Å². The van der Waals surface area contributed by atoms with Crippen molar-refractivity contribution in [2.45, 2.75) is 37.5 Å². The first-order valence-corrected chi connectivity index (χ1v) is 14.1. The van der Waals surface area contributed by atoms with Gasteiger partial charge in [0.25, 0.3) is 0 Å². The fraction of sp³-hybridized carbons (Fsp3) is 0.294. The molecule has 8 rings (SSSR count). The average molecular weight is 535 g/mol. The van der Waals surface area contributed by atoms with Gasteiger partial charge in [0.15, 0.2) is 0 Å². The van der Waals surface area contributed by atoms with E-state index in [4.69, 9.17) is 20.9 Å². The summed E-state index contributed by atoms with van der Waals surface area (Å²) >= 11 is 0. The molecule has 6 N–H and O–H groups in total. The zero-order chi connectivity index (χ0) is 27.4. The van der Waals surface area contributed by atoms with E-state index in [0.717, 1.165) is 23.3 Å². The highest BCUT2D eigenvalue weighted by molar-refractivity contribution is 5.56. The molecule has 4 aliphatic rings. The number of nitrogens with two attached hydrogens (primary N) is 2. The molecule has 0 unspecified atom stereocenters. The Morgan fingerprint density at radius 1 is 0.525 bits per heavy atom. The lowest BCUT2D eigenvalue weighted by molar-refractivity contribution is -0.0418. The zero-order valence-electron chi connectivity index (χ0n) is 22.3. The van der Waals surface area contributed by atoms with Crippen LogP contribution in [0.15, 0.2) is 84.9 Å². The molecule has 0 heterocycles. The smallest absolute Gasteiger partial charge is 0.142 e. The number of benzene rings is 4. The van der Waals surface area contributed by atoms with Gasteiger partial charge < -0.3 is 31.2 Å². The summed E-state index contributed by atoms with van der Waals surface area (Å²) in [5.74, 6) is 5.47. The van der Waals surface area contributed by atoms with Gasteiger partial charge >= 0.3 is 0 Å². The molecule has 40 heavy (non-hydrogen) atoms. The standard InChI is InChI=1S/C34H34N2O4/c35-30-11-9-28(18-32(30)37)39-26-5-1-22(2-6-26)34(24-14-20-13-21(16-24)17-25(34)15-20)23-3-7-27(8-4-23)40-29-10-12-31(36)33(38)19-29/h1-12,18-21,24-25,37-38H,13-17,35-36H2. The van der Waals surface area contributed by atoms with Crippen LogP contribution in [-0.2, 0) is 5.41 Å². The van der Waals surface area contributed by atoms with Gasteiger partial charge in [0.1, 0.15) is 34.5 Å². The molecular formula is C34H34N2O4. The third kappa shape index (κ3) is 4.10. The van der Waals surface area contributed by atoms with Crippen LogP contribution < -0.4 is 20.9 Å². The van der Waals surface area contributed by atoms with E-state index < -0.39 is 0 Å². The SMILES string of the molecule is Nc1ccc(Oc2ccc(C3(c4ccc(Oc5ccc(N)c(O)c5)cc4)C4CC5CC(C4)CC3C5)cc2)cc1O. The zero-order valence-corrected chi connectivity index (χ0v) is 22.3. The van der Waals surface area contributed by atoms with E-state index in [-0.39, 0.29) is 16.9 Å². The number of phenols is 2. The molecule has 4 saturated carbocycles. The van der Waals surface area contributed by atoms with Gasteiger partial charge in [-0.1, -0.05) is 24.3 Å². The number of ether oxygens (including phenoxy) is 2. The van der Waals surface area contributed by atoms with Crippen LogP contribution in [-0.4, -0.2) is 10.2 Å². The molecule has 4 aliphatic carbocycles. The van der Waals surface area contributed by atoms with Gasteiger partial charge in [-0.3, -0.25) is 0 Å². The Kier molecular flexibility index (Phi) is 5.81. The maximum atomic E-state index is 9.96. The van der Waals surface area contributed by atoms with Crippen LogP contribution in [0.5, 0.6) is 34.5 Å². The molecule has 0 amide bonds. The Hall–Kier alpha value is -4.32. The molecule has 204 valence electrons. The second-order valence-corrected chi connectivity index (χ2v) is 11.9. The highest BCUT2D eigenvalue weighted by Crippen LogP contribution is 2.65. The summed E-state index contributed by atoms with van der Waals surface area (Å²) in [5, 5.41) is 19.9. The summed E-state index contributed by atoms with van der Waals surface area (Å²) in [6.07, 6.45) is 6.50. The summed E-state index contributed by atoms with van der Waals surface area (Å²) < 4.78 is 12.1. The van der Waals surface area contributed by atoms with Crippen LogP contribution in [0.4, 0.5) is 11.4 Å². The predicted octanol–water partition coefficient (Wildman–Crippen LogP) is 7.59. The lowest BCUT2D eigenvalue weighted by Gasteiger charge is -2.62. The molecule has 0 aromatic heterocycles. The number of phenolic OH excluding ortho intramolecular Hbond substituents is 2. The summed E-state index contributed by atoms with van der Waals surface area (Å²) in [6, 6.07) is 27.0. The fourth-order valence-corrected chi connectivity index (χ4v) is 8.08. The number of rotatable bonds is 6. The molecule has 4 aromatic carbocycles. The minimum absolute atomic E-state index is 0.0160. The van der Waals surface area contributed by atoms with E-state index in [1.165, 1.54) is 55.4 Å². The van der Waals surface area contributed by atoms with Crippen molar-refractivity contribution in [2.75, 3.05) is 11.5 Å². The lowest BCUT2D eigenvalue weighted by atomic mass is 9.42. The number of nitrogen functional groups attached to an aromatic ring is 2. The Morgan fingerprint density at radius 3 is 1.27 bits per heavy atom. The molecule has 0 aliphatic heterocycles. The van der Waals surface area contributed by atoms with Crippen molar-refractivity contribution in [3.05, 3.63) is 96.1 Å². The molecule has 4 bridgehead atoms. The van der Waals surface area contributed by atoms with Crippen LogP contribution in [0.25, 0.3) is 0 Å². The second kappa shape index (κ2) is 9.40. The topological polar surface area (TPSA) is 111 Å². The first kappa shape index (κ1) is 24.7. The van der Waals surface area contributed by atoms with Crippen molar-refractivity contribution >= 4 is 11.4 Å². The lowest BCUT2D eigenvalue weighted by Crippen LogP contribution is -2.56. The van der Waals surface area contributed by atoms with Gasteiger partial charge in [-0.05, 0) is 115 Å². The molecule has 0 spiro atoms. The largest absolute Gasteiger partial charge is 0.506 e. The van der Waals surface area contributed by atoms with Crippen LogP contribution in [0.2, 0.25) is 0 Å². The Morgan fingerprint density at radius 2 is 0.900 bits per heavy atom. The maximum absolute atomic E-state index is 9.96. The second-order valence-electron chi connectivity index (χ2n) is 11.9. The number of hydrogen-bond donors (Lipinski definition) is 4. The normalized spacial score (nSPS) is 24.1. The molecule has 6 nitrogen and oxygen atoms in total. The predicted molar refractivity (Wildman–Crippen MR) is 156 cm³/mol. The Labute approximate surface area is 234 Å². The monoisotopic (exact) mass is 534 g/mol. The fourth-order valence-electron chi connectivity index (χ4n) is 8.08. The van der Waals surface area contributed by atoms with Crippen LogP contribution in [0.1, 0.15) is 43.2 Å². The van der Waals surface area contributed by atoms with Gasteiger partial charge in [-0.2, -0.15) is 0 Å². The summed E-state index contributed by atoms with van der Waals surface area (Å²) in [6.45, 7) is 0. The molecule has 4 aromatic rings. The van der Waals surface area contributed by atoms with E-state index in [2.05, 4.69) is 24.3 Å². The molecule has 0 saturated heterocycles. The third-order valence-electron chi connectivity index (χ3n) is 9.57. The number of hydrogen-bond acceptors (Lipinski definition) is 6. The molecule has 4 fully saturated rings. The van der Waals surface area contributed by atoms with Gasteiger partial charge in [0.05, 0.1) is 11.4 Å². The summed E-state index contributed by atoms with van der Waals surface area (Å²) in [5.41, 5.74) is 14.8. The van der Waals surface area contributed by atoms with Crippen molar-refractivity contribution < 1.29 is 19.7 Å². The minimum Gasteiger partial charge on any atom is -0.506 e. The van der Waals surface area contributed by atoms with Crippen molar-refractivity contribution in [3.8, 4) is 34.5 Å². The van der Waals surface area contributed by atoms with E-state index in [9.17, 15) is 10.2 Å². The minimum atomic E-state index is -0.0522. The average Bonchev–Trinajstić information content (AvgIpc) is 2.94. The Bertz CT molecular complexity index is 1420. The van der Waals surface area contributed by atoms with Crippen LogP contribution in [0.3, 0.4) is 0 Å². The first-order valence-electron chi connectivity index (χ1n) is 14.1. The van der Waals surface area contributed by atoms with Crippen LogP contribution >= 0.6 is 0 Å². The quantitative estimate of drug-likeness (QED) is 0.150. The van der Waals surface area contributed by atoms with E-state index >= 15 is 0 Å². The van der Waals surface area contributed by atoms with Gasteiger partial charge in [0, 0.05) is 17.5 Å². The van der Waals surface area contributed by atoms with E-state index in [1.807, 2.05) is 24.3 Å². The Balaban J connectivity index is 1.22. The molecule has 6 heteroatoms.